The monoisotopic (exact) mass is 897 g/mol. The molecule has 4 fully saturated rings. The molecule has 2 aliphatic heterocycles. The Labute approximate surface area is 355 Å². The van der Waals surface area contributed by atoms with Gasteiger partial charge in [0.15, 0.2) is 41.8 Å². The predicted octanol–water partition coefficient (Wildman–Crippen LogP) is 0.960. The van der Waals surface area contributed by atoms with Crippen molar-refractivity contribution in [1.82, 2.24) is 54.5 Å². The quantitative estimate of drug-likeness (QED) is 0.147. The van der Waals surface area contributed by atoms with Gasteiger partial charge in [-0.15, -0.1) is 20.4 Å². The SMILES string of the molecule is CC.O=C(CN1CCS(=O)(=O)CC1)NCC(=O)c1cccc2nc(NC(=O)C3CC3)nn12.O=C(Nc1nc2cccc(-c3nnc(CN4CCS(=O)(=O)CC4)s3)n2n1)C1CC1. The van der Waals surface area contributed by atoms with Crippen LogP contribution in [-0.2, 0) is 40.6 Å². The van der Waals surface area contributed by atoms with Gasteiger partial charge in [-0.25, -0.2) is 25.9 Å². The molecule has 2 aliphatic carbocycles. The highest BCUT2D eigenvalue weighted by Gasteiger charge is 2.32. The fourth-order valence-electron chi connectivity index (χ4n) is 6.36. The van der Waals surface area contributed by atoms with E-state index in [-0.39, 0.29) is 89.0 Å². The first-order valence-electron chi connectivity index (χ1n) is 20.1. The Kier molecular flexibility index (Phi) is 13.5. The van der Waals surface area contributed by atoms with Gasteiger partial charge >= 0.3 is 0 Å². The number of hydrogen-bond acceptors (Lipinski definition) is 17. The number of anilines is 2. The summed E-state index contributed by atoms with van der Waals surface area (Å²) < 4.78 is 49.0. The van der Waals surface area contributed by atoms with Crippen molar-refractivity contribution in [1.29, 1.82) is 0 Å². The van der Waals surface area contributed by atoms with E-state index in [2.05, 4.69) is 51.2 Å². The average molecular weight is 898 g/mol. The van der Waals surface area contributed by atoms with Crippen LogP contribution in [0.25, 0.3) is 22.0 Å². The summed E-state index contributed by atoms with van der Waals surface area (Å²) in [5.41, 5.74) is 2.00. The number of sulfone groups is 2. The molecule has 3 amide bonds. The van der Waals surface area contributed by atoms with Crippen molar-refractivity contribution in [2.45, 2.75) is 46.1 Å². The lowest BCUT2D eigenvalue weighted by Gasteiger charge is -2.25. The van der Waals surface area contributed by atoms with Gasteiger partial charge in [-0.3, -0.25) is 39.6 Å². The largest absolute Gasteiger partial charge is 0.347 e. The van der Waals surface area contributed by atoms with Crippen LogP contribution >= 0.6 is 11.3 Å². The van der Waals surface area contributed by atoms with E-state index < -0.39 is 19.7 Å². The van der Waals surface area contributed by atoms with Gasteiger partial charge < -0.3 is 5.32 Å². The summed E-state index contributed by atoms with van der Waals surface area (Å²) >= 11 is 1.44. The second-order valence-corrected chi connectivity index (χ2v) is 20.5. The van der Waals surface area contributed by atoms with Crippen LogP contribution in [0.4, 0.5) is 11.9 Å². The van der Waals surface area contributed by atoms with E-state index in [1.807, 2.05) is 32.0 Å². The van der Waals surface area contributed by atoms with Gasteiger partial charge in [-0.1, -0.05) is 37.3 Å². The zero-order chi connectivity index (χ0) is 43.3. The summed E-state index contributed by atoms with van der Waals surface area (Å²) in [6.07, 6.45) is 3.55. The molecule has 0 spiro atoms. The maximum atomic E-state index is 12.6. The molecule has 24 heteroatoms. The van der Waals surface area contributed by atoms with E-state index in [4.69, 9.17) is 0 Å². The molecule has 4 aliphatic rings. The second-order valence-electron chi connectivity index (χ2n) is 14.8. The Morgan fingerprint density at radius 2 is 1.23 bits per heavy atom. The van der Waals surface area contributed by atoms with E-state index in [1.54, 1.807) is 27.6 Å². The van der Waals surface area contributed by atoms with Crippen molar-refractivity contribution < 1.29 is 36.0 Å². The van der Waals surface area contributed by atoms with Crippen LogP contribution < -0.4 is 16.0 Å². The smallest absolute Gasteiger partial charge is 0.249 e. The number of fused-ring (bicyclic) bond motifs is 2. The van der Waals surface area contributed by atoms with Crippen LogP contribution in [0.5, 0.6) is 0 Å². The molecule has 0 unspecified atom stereocenters. The summed E-state index contributed by atoms with van der Waals surface area (Å²) in [5.74, 6) is 0.0693. The summed E-state index contributed by atoms with van der Waals surface area (Å²) in [7, 11) is -5.91. The van der Waals surface area contributed by atoms with E-state index in [0.29, 0.717) is 49.0 Å². The summed E-state index contributed by atoms with van der Waals surface area (Å²) in [6, 6.07) is 10.4. The van der Waals surface area contributed by atoms with Gasteiger partial charge in [-0.2, -0.15) is 9.97 Å². The molecule has 21 nitrogen and oxygen atoms in total. The van der Waals surface area contributed by atoms with Crippen LogP contribution in [0.15, 0.2) is 36.4 Å². The van der Waals surface area contributed by atoms with Crippen LogP contribution in [0, 0.1) is 11.8 Å². The highest BCUT2D eigenvalue weighted by atomic mass is 32.2. The third kappa shape index (κ3) is 11.5. The zero-order valence-electron chi connectivity index (χ0n) is 33.7. The number of amides is 3. The maximum absolute atomic E-state index is 12.6. The predicted molar refractivity (Wildman–Crippen MR) is 225 cm³/mol. The Hall–Kier alpha value is -5.30. The van der Waals surface area contributed by atoms with Gasteiger partial charge in [0, 0.05) is 38.0 Å². The Morgan fingerprint density at radius 3 is 1.80 bits per heavy atom. The van der Waals surface area contributed by atoms with Gasteiger partial charge in [0.1, 0.15) is 16.4 Å². The van der Waals surface area contributed by atoms with Crippen LogP contribution in [0.1, 0.15) is 55.0 Å². The highest BCUT2D eigenvalue weighted by Crippen LogP contribution is 2.31. The number of rotatable bonds is 12. The molecule has 0 atom stereocenters. The number of pyridine rings is 2. The van der Waals surface area contributed by atoms with E-state index in [1.165, 1.54) is 15.9 Å². The van der Waals surface area contributed by atoms with Crippen molar-refractivity contribution >= 4 is 77.7 Å². The molecule has 5 aromatic heterocycles. The van der Waals surface area contributed by atoms with Crippen molar-refractivity contribution in [3.8, 4) is 10.7 Å². The minimum absolute atomic E-state index is 0.00735. The lowest BCUT2D eigenvalue weighted by molar-refractivity contribution is -0.122. The van der Waals surface area contributed by atoms with Crippen molar-refractivity contribution in [3.63, 3.8) is 0 Å². The molecule has 326 valence electrons. The van der Waals surface area contributed by atoms with E-state index >= 15 is 0 Å². The highest BCUT2D eigenvalue weighted by molar-refractivity contribution is 7.91. The number of nitrogens with one attached hydrogen (secondary N) is 3. The van der Waals surface area contributed by atoms with Crippen molar-refractivity contribution in [2.24, 2.45) is 11.8 Å². The second kappa shape index (κ2) is 18.8. The molecule has 7 heterocycles. The first-order chi connectivity index (χ1) is 29.3. The van der Waals surface area contributed by atoms with Crippen molar-refractivity contribution in [3.05, 3.63) is 47.1 Å². The summed E-state index contributed by atoms with van der Waals surface area (Å²) in [4.78, 5) is 61.0. The normalized spacial score (nSPS) is 18.6. The third-order valence-corrected chi connectivity index (χ3v) is 14.3. The van der Waals surface area contributed by atoms with Crippen LogP contribution in [-0.4, -0.2) is 152 Å². The fraction of sp³-hybridized carbons (Fsp3) is 0.514. The number of Topliss-reactive ketones (excluding diaryl/α,β-unsaturated/α-hetero) is 1. The zero-order valence-corrected chi connectivity index (χ0v) is 36.1. The maximum Gasteiger partial charge on any atom is 0.249 e. The van der Waals surface area contributed by atoms with Gasteiger partial charge in [0.2, 0.25) is 29.6 Å². The Balaban J connectivity index is 0.000000177. The molecule has 0 aromatic carbocycles. The van der Waals surface area contributed by atoms with Crippen LogP contribution in [0.2, 0.25) is 0 Å². The number of hydrogen-bond donors (Lipinski definition) is 3. The number of nitrogens with zero attached hydrogens (tertiary/aromatic N) is 10. The minimum atomic E-state index is -3.01. The summed E-state index contributed by atoms with van der Waals surface area (Å²) in [5, 5.41) is 26.7. The first kappa shape index (κ1) is 43.8. The molecule has 5 aromatic rings. The molecule has 2 saturated carbocycles. The number of ketones is 1. The first-order valence-corrected chi connectivity index (χ1v) is 24.5. The molecule has 9 rings (SSSR count). The molecule has 2 saturated heterocycles. The van der Waals surface area contributed by atoms with E-state index in [0.717, 1.165) is 36.4 Å². The molecule has 0 radical (unpaired) electrons. The molecule has 0 bridgehead atoms. The lowest BCUT2D eigenvalue weighted by Crippen LogP contribution is -2.46. The number of carbonyl (C=O) groups excluding carboxylic acids is 4. The number of aromatic nitrogens is 8. The number of carbonyl (C=O) groups is 4. The van der Waals surface area contributed by atoms with E-state index in [9.17, 15) is 36.0 Å². The fourth-order valence-corrected chi connectivity index (χ4v) is 9.81. The van der Waals surface area contributed by atoms with Gasteiger partial charge in [0.05, 0.1) is 42.6 Å². The Morgan fingerprint density at radius 1 is 0.705 bits per heavy atom. The Bertz CT molecular complexity index is 2630. The van der Waals surface area contributed by atoms with Gasteiger partial charge in [-0.05, 0) is 49.9 Å². The molecular weight excluding hydrogens is 851 g/mol. The lowest BCUT2D eigenvalue weighted by atomic mass is 10.2. The molecule has 3 N–H and O–H groups in total. The topological polar surface area (TPSA) is 265 Å². The van der Waals surface area contributed by atoms with Crippen LogP contribution in [0.3, 0.4) is 0 Å². The standard InChI is InChI=1S/C18H22N6O5S.C17H19N7O3S2.C2H6/c25-14(10-19-16(26)11-23-6-8-30(28,29)9-7-23)13-2-1-3-15-20-18(22-24(13)15)21-17(27)12-4-5-12;25-15(11-4-5-11)19-17-18-13-3-1-2-12(24(13)22-17)16-21-20-14(28-16)10-23-6-8-29(26,27)9-7-23;1-2/h1-3,12H,4-11H2,(H,19,26)(H,21,22,27);1-3,11H,4-10H2,(H,19,22,25);1-2H3. The summed E-state index contributed by atoms with van der Waals surface area (Å²) in [6.45, 7) is 6.01. The third-order valence-electron chi connectivity index (χ3n) is 10.1. The van der Waals surface area contributed by atoms with Crippen molar-refractivity contribution in [2.75, 3.05) is 72.9 Å². The minimum Gasteiger partial charge on any atom is -0.347 e. The molecular formula is C37H47N13O8S3. The van der Waals surface area contributed by atoms with Gasteiger partial charge in [0.25, 0.3) is 0 Å². The molecule has 61 heavy (non-hydrogen) atoms. The average Bonchev–Trinajstić information content (AvgIpc) is 4.15.